The average molecular weight is 419 g/mol. The van der Waals surface area contributed by atoms with Gasteiger partial charge in [0.2, 0.25) is 5.91 Å². The van der Waals surface area contributed by atoms with Gasteiger partial charge >= 0.3 is 0 Å². The van der Waals surface area contributed by atoms with Gasteiger partial charge in [-0.3, -0.25) is 9.69 Å². The number of hydrogen-bond acceptors (Lipinski definition) is 5. The molecule has 2 aliphatic rings. The third-order valence-corrected chi connectivity index (χ3v) is 6.73. The van der Waals surface area contributed by atoms with Crippen molar-refractivity contribution in [2.75, 3.05) is 25.5 Å². The van der Waals surface area contributed by atoms with E-state index in [1.54, 1.807) is 6.92 Å². The molecule has 1 amide bonds. The zero-order valence-corrected chi connectivity index (χ0v) is 18.6. The first-order valence-corrected chi connectivity index (χ1v) is 11.1. The minimum atomic E-state index is -0.0108. The predicted octanol–water partition coefficient (Wildman–Crippen LogP) is 3.25. The summed E-state index contributed by atoms with van der Waals surface area (Å²) in [5.74, 6) is 1.80. The molecule has 162 valence electrons. The third kappa shape index (κ3) is 3.57. The van der Waals surface area contributed by atoms with E-state index in [9.17, 15) is 4.79 Å². The van der Waals surface area contributed by atoms with Crippen molar-refractivity contribution in [3.05, 3.63) is 53.1 Å². The van der Waals surface area contributed by atoms with Crippen LogP contribution >= 0.6 is 0 Å². The van der Waals surface area contributed by atoms with E-state index >= 15 is 0 Å². The second-order valence-electron chi connectivity index (χ2n) is 8.72. The molecule has 1 saturated heterocycles. The van der Waals surface area contributed by atoms with E-state index in [0.717, 1.165) is 62.8 Å². The van der Waals surface area contributed by atoms with Crippen molar-refractivity contribution in [2.24, 2.45) is 7.05 Å². The first-order chi connectivity index (χ1) is 15.0. The largest absolute Gasteiger partial charge is 0.373 e. The van der Waals surface area contributed by atoms with Crippen LogP contribution < -0.4 is 5.32 Å². The van der Waals surface area contributed by atoms with Crippen LogP contribution in [-0.2, 0) is 31.4 Å². The van der Waals surface area contributed by atoms with Crippen LogP contribution in [0.2, 0.25) is 0 Å². The SMILES string of the molecule is CNc1nc([C@@H]2CCCN2C(C)=O)nc2c1CCN(Cc1cn(C)c3ccccc13)C2. The van der Waals surface area contributed by atoms with Gasteiger partial charge in [-0.1, -0.05) is 18.2 Å². The van der Waals surface area contributed by atoms with Crippen molar-refractivity contribution in [1.82, 2.24) is 24.3 Å². The number of para-hydroxylation sites is 1. The summed E-state index contributed by atoms with van der Waals surface area (Å²) in [6, 6.07) is 8.57. The molecule has 1 fully saturated rings. The Bertz CT molecular complexity index is 1140. The number of anilines is 1. The third-order valence-electron chi connectivity index (χ3n) is 6.73. The van der Waals surface area contributed by atoms with E-state index < -0.39 is 0 Å². The number of hydrogen-bond donors (Lipinski definition) is 1. The van der Waals surface area contributed by atoms with E-state index in [-0.39, 0.29) is 11.9 Å². The molecule has 1 aromatic carbocycles. The van der Waals surface area contributed by atoms with Gasteiger partial charge in [-0.2, -0.15) is 0 Å². The van der Waals surface area contributed by atoms with Crippen LogP contribution in [0.25, 0.3) is 10.9 Å². The number of likely N-dealkylation sites (tertiary alicyclic amines) is 1. The van der Waals surface area contributed by atoms with Crippen molar-refractivity contribution < 1.29 is 4.79 Å². The van der Waals surface area contributed by atoms with Crippen molar-refractivity contribution in [1.29, 1.82) is 0 Å². The summed E-state index contributed by atoms with van der Waals surface area (Å²) in [6.07, 6.45) is 5.11. The number of aromatic nitrogens is 3. The van der Waals surface area contributed by atoms with Crippen LogP contribution in [0.15, 0.2) is 30.5 Å². The Morgan fingerprint density at radius 1 is 1.23 bits per heavy atom. The normalized spacial score (nSPS) is 19.1. The second-order valence-corrected chi connectivity index (χ2v) is 8.72. The monoisotopic (exact) mass is 418 g/mol. The number of nitrogens with zero attached hydrogens (tertiary/aromatic N) is 5. The summed E-state index contributed by atoms with van der Waals surface area (Å²) in [7, 11) is 4.03. The summed E-state index contributed by atoms with van der Waals surface area (Å²) in [5.41, 5.74) is 4.93. The van der Waals surface area contributed by atoms with Gasteiger partial charge in [-0.15, -0.1) is 0 Å². The molecule has 0 unspecified atom stereocenters. The number of fused-ring (bicyclic) bond motifs is 2. The Morgan fingerprint density at radius 2 is 2.06 bits per heavy atom. The highest BCUT2D eigenvalue weighted by atomic mass is 16.2. The molecule has 0 saturated carbocycles. The molecular formula is C24H30N6O. The van der Waals surface area contributed by atoms with Crippen LogP contribution in [0.3, 0.4) is 0 Å². The maximum absolute atomic E-state index is 12.1. The highest BCUT2D eigenvalue weighted by molar-refractivity contribution is 5.83. The predicted molar refractivity (Wildman–Crippen MR) is 122 cm³/mol. The Kier molecular flexibility index (Phi) is 5.14. The summed E-state index contributed by atoms with van der Waals surface area (Å²) < 4.78 is 2.21. The van der Waals surface area contributed by atoms with Gasteiger partial charge in [0.1, 0.15) is 5.82 Å². The number of carbonyl (C=O) groups excluding carboxylic acids is 1. The van der Waals surface area contributed by atoms with Gasteiger partial charge in [-0.05, 0) is 30.9 Å². The minimum Gasteiger partial charge on any atom is -0.373 e. The lowest BCUT2D eigenvalue weighted by Crippen LogP contribution is -2.33. The van der Waals surface area contributed by atoms with Gasteiger partial charge in [-0.25, -0.2) is 9.97 Å². The summed E-state index contributed by atoms with van der Waals surface area (Å²) in [5, 5.41) is 4.60. The lowest BCUT2D eigenvalue weighted by molar-refractivity contribution is -0.129. The molecule has 0 aliphatic carbocycles. The number of aryl methyl sites for hydroxylation is 1. The molecule has 1 atom stereocenters. The van der Waals surface area contributed by atoms with Crippen molar-refractivity contribution in [3.8, 4) is 0 Å². The van der Waals surface area contributed by atoms with Gasteiger partial charge in [0.25, 0.3) is 0 Å². The van der Waals surface area contributed by atoms with Gasteiger partial charge in [0.05, 0.1) is 11.7 Å². The smallest absolute Gasteiger partial charge is 0.220 e. The summed E-state index contributed by atoms with van der Waals surface area (Å²) >= 11 is 0. The van der Waals surface area contributed by atoms with Crippen LogP contribution in [0.5, 0.6) is 0 Å². The zero-order chi connectivity index (χ0) is 21.5. The van der Waals surface area contributed by atoms with E-state index in [2.05, 4.69) is 52.3 Å². The fourth-order valence-electron chi connectivity index (χ4n) is 5.20. The Labute approximate surface area is 183 Å². The molecule has 0 radical (unpaired) electrons. The molecule has 2 aromatic heterocycles. The molecule has 0 spiro atoms. The van der Waals surface area contributed by atoms with Crippen LogP contribution in [-0.4, -0.2) is 50.4 Å². The lowest BCUT2D eigenvalue weighted by Gasteiger charge is -2.30. The molecule has 7 heteroatoms. The molecule has 5 rings (SSSR count). The molecule has 0 bridgehead atoms. The Hall–Kier alpha value is -2.93. The molecule has 1 N–H and O–H groups in total. The lowest BCUT2D eigenvalue weighted by atomic mass is 10.0. The number of amides is 1. The topological polar surface area (TPSA) is 66.3 Å². The molecule has 3 aromatic rings. The second kappa shape index (κ2) is 7.96. The first kappa shape index (κ1) is 20.0. The highest BCUT2D eigenvalue weighted by Gasteiger charge is 2.32. The Balaban J connectivity index is 1.44. The number of carbonyl (C=O) groups is 1. The standard InChI is InChI=1S/C24H30N6O/c1-16(31)30-11-6-9-22(30)24-26-20-15-29(12-10-19(20)23(25-2)27-24)14-17-13-28(3)21-8-5-4-7-18(17)21/h4-5,7-8,13,22H,6,9-12,14-15H2,1-3H3,(H,25,26,27)/t22-/m0/s1. The average Bonchev–Trinajstić information content (AvgIpc) is 3.39. The number of benzene rings is 1. The van der Waals surface area contributed by atoms with Crippen molar-refractivity contribution in [2.45, 2.75) is 45.3 Å². The molecule has 4 heterocycles. The zero-order valence-electron chi connectivity index (χ0n) is 18.6. The van der Waals surface area contributed by atoms with E-state index in [1.807, 2.05) is 11.9 Å². The number of rotatable bonds is 4. The highest BCUT2D eigenvalue weighted by Crippen LogP contribution is 2.33. The van der Waals surface area contributed by atoms with E-state index in [4.69, 9.17) is 9.97 Å². The van der Waals surface area contributed by atoms with E-state index in [0.29, 0.717) is 0 Å². The molecule has 7 nitrogen and oxygen atoms in total. The van der Waals surface area contributed by atoms with Gasteiger partial charge < -0.3 is 14.8 Å². The van der Waals surface area contributed by atoms with Gasteiger partial charge in [0, 0.05) is 69.9 Å². The maximum atomic E-state index is 12.1. The van der Waals surface area contributed by atoms with Crippen molar-refractivity contribution >= 4 is 22.6 Å². The summed E-state index contributed by atoms with van der Waals surface area (Å²) in [6.45, 7) is 5.12. The fourth-order valence-corrected chi connectivity index (χ4v) is 5.20. The van der Waals surface area contributed by atoms with Crippen LogP contribution in [0, 0.1) is 0 Å². The van der Waals surface area contributed by atoms with Crippen molar-refractivity contribution in [3.63, 3.8) is 0 Å². The van der Waals surface area contributed by atoms with Gasteiger partial charge in [0.15, 0.2) is 5.82 Å². The molecular weight excluding hydrogens is 388 g/mol. The number of nitrogens with one attached hydrogen (secondary N) is 1. The molecule has 2 aliphatic heterocycles. The quantitative estimate of drug-likeness (QED) is 0.705. The van der Waals surface area contributed by atoms with Crippen LogP contribution in [0.1, 0.15) is 48.5 Å². The fraction of sp³-hybridized carbons (Fsp3) is 0.458. The van der Waals surface area contributed by atoms with Crippen LogP contribution in [0.4, 0.5) is 5.82 Å². The first-order valence-electron chi connectivity index (χ1n) is 11.1. The maximum Gasteiger partial charge on any atom is 0.220 e. The Morgan fingerprint density at radius 3 is 2.87 bits per heavy atom. The minimum absolute atomic E-state index is 0.0108. The summed E-state index contributed by atoms with van der Waals surface area (Å²) in [4.78, 5) is 26.3. The molecule has 31 heavy (non-hydrogen) atoms. The van der Waals surface area contributed by atoms with E-state index in [1.165, 1.54) is 22.0 Å².